The lowest BCUT2D eigenvalue weighted by molar-refractivity contribution is 0.0891. The van der Waals surface area contributed by atoms with Crippen LogP contribution in [0.5, 0.6) is 0 Å². The van der Waals surface area contributed by atoms with Gasteiger partial charge in [-0.1, -0.05) is 13.3 Å². The third-order valence-corrected chi connectivity index (χ3v) is 3.78. The van der Waals surface area contributed by atoms with Crippen molar-refractivity contribution in [1.29, 1.82) is 0 Å². The van der Waals surface area contributed by atoms with Crippen LogP contribution in [0.2, 0.25) is 0 Å². The number of rotatable bonds is 6. The van der Waals surface area contributed by atoms with Crippen LogP contribution >= 0.6 is 0 Å². The molecule has 0 radical (unpaired) electrons. The highest BCUT2D eigenvalue weighted by molar-refractivity contribution is 5.59. The maximum Gasteiger partial charge on any atom is 0.137 e. The zero-order chi connectivity index (χ0) is 14.4. The molecule has 1 saturated heterocycles. The number of hydrogen-bond acceptors (Lipinski definition) is 5. The van der Waals surface area contributed by atoms with E-state index in [1.165, 1.54) is 5.56 Å². The van der Waals surface area contributed by atoms with E-state index in [9.17, 15) is 0 Å². The summed E-state index contributed by atoms with van der Waals surface area (Å²) < 4.78 is 5.52. The first-order valence-electron chi connectivity index (χ1n) is 7.65. The molecule has 5 nitrogen and oxygen atoms in total. The van der Waals surface area contributed by atoms with Crippen LogP contribution in [0.25, 0.3) is 0 Å². The lowest BCUT2D eigenvalue weighted by Gasteiger charge is -2.34. The van der Waals surface area contributed by atoms with Gasteiger partial charge in [-0.2, -0.15) is 0 Å². The Kier molecular flexibility index (Phi) is 5.59. The molecule has 1 aromatic heterocycles. The average Bonchev–Trinajstić information content (AvgIpc) is 2.49. The highest BCUT2D eigenvalue weighted by Crippen LogP contribution is 2.27. The Balaban J connectivity index is 2.26. The fourth-order valence-corrected chi connectivity index (χ4v) is 2.80. The molecule has 5 heteroatoms. The predicted octanol–water partition coefficient (Wildman–Crippen LogP) is 2.48. The fourth-order valence-electron chi connectivity index (χ4n) is 2.80. The second-order valence-corrected chi connectivity index (χ2v) is 5.25. The van der Waals surface area contributed by atoms with Crippen molar-refractivity contribution in [2.24, 2.45) is 0 Å². The molecule has 0 aliphatic carbocycles. The van der Waals surface area contributed by atoms with Gasteiger partial charge in [0.15, 0.2) is 0 Å². The Bertz CT molecular complexity index is 424. The van der Waals surface area contributed by atoms with Crippen molar-refractivity contribution in [3.63, 3.8) is 0 Å². The van der Waals surface area contributed by atoms with E-state index >= 15 is 0 Å². The summed E-state index contributed by atoms with van der Waals surface area (Å²) in [4.78, 5) is 11.3. The third kappa shape index (κ3) is 3.39. The maximum absolute atomic E-state index is 5.52. The number of aromatic nitrogens is 2. The molecule has 0 saturated carbocycles. The van der Waals surface area contributed by atoms with E-state index in [2.05, 4.69) is 34.0 Å². The normalized spacial score (nSPS) is 19.1. The summed E-state index contributed by atoms with van der Waals surface area (Å²) in [5, 5.41) is 3.36. The van der Waals surface area contributed by atoms with Crippen LogP contribution in [-0.2, 0) is 11.2 Å². The Hall–Kier alpha value is -1.36. The molecule has 1 aliphatic heterocycles. The zero-order valence-electron chi connectivity index (χ0n) is 12.9. The SMILES string of the molecule is CCCc1c(NCC)ncnc1N1CCCC(OC)C1. The Labute approximate surface area is 121 Å². The zero-order valence-corrected chi connectivity index (χ0v) is 12.9. The van der Waals surface area contributed by atoms with Gasteiger partial charge in [0.25, 0.3) is 0 Å². The molecule has 1 unspecified atom stereocenters. The minimum absolute atomic E-state index is 0.316. The lowest BCUT2D eigenvalue weighted by atomic mass is 10.1. The molecule has 0 aromatic carbocycles. The third-order valence-electron chi connectivity index (χ3n) is 3.78. The smallest absolute Gasteiger partial charge is 0.137 e. The van der Waals surface area contributed by atoms with Crippen molar-refractivity contribution in [3.05, 3.63) is 11.9 Å². The first-order chi connectivity index (χ1) is 9.80. The minimum atomic E-state index is 0.316. The molecule has 1 N–H and O–H groups in total. The Morgan fingerprint density at radius 3 is 2.95 bits per heavy atom. The predicted molar refractivity (Wildman–Crippen MR) is 82.4 cm³/mol. The van der Waals surface area contributed by atoms with Crippen molar-refractivity contribution in [2.75, 3.05) is 37.0 Å². The molecule has 2 heterocycles. The summed E-state index contributed by atoms with van der Waals surface area (Å²) in [5.41, 5.74) is 1.24. The standard InChI is InChI=1S/C15H26N4O/c1-4-7-13-14(16-5-2)17-11-18-15(13)19-9-6-8-12(10-19)20-3/h11-12H,4-10H2,1-3H3,(H,16,17,18). The van der Waals surface area contributed by atoms with E-state index in [0.29, 0.717) is 6.10 Å². The number of methoxy groups -OCH3 is 1. The topological polar surface area (TPSA) is 50.3 Å². The van der Waals surface area contributed by atoms with Gasteiger partial charge in [-0.05, 0) is 26.2 Å². The van der Waals surface area contributed by atoms with E-state index in [0.717, 1.165) is 57.0 Å². The van der Waals surface area contributed by atoms with E-state index in [4.69, 9.17) is 4.74 Å². The molecule has 0 bridgehead atoms. The summed E-state index contributed by atoms with van der Waals surface area (Å²) in [5.74, 6) is 2.07. The molecule has 0 amide bonds. The van der Waals surface area contributed by atoms with E-state index in [1.807, 2.05) is 0 Å². The quantitative estimate of drug-likeness (QED) is 0.866. The van der Waals surface area contributed by atoms with Crippen molar-refractivity contribution >= 4 is 11.6 Å². The van der Waals surface area contributed by atoms with Gasteiger partial charge in [0.1, 0.15) is 18.0 Å². The van der Waals surface area contributed by atoms with Gasteiger partial charge in [-0.25, -0.2) is 9.97 Å². The molecule has 1 fully saturated rings. The maximum atomic E-state index is 5.52. The summed E-state index contributed by atoms with van der Waals surface area (Å²) >= 11 is 0. The largest absolute Gasteiger partial charge is 0.380 e. The Morgan fingerprint density at radius 1 is 1.40 bits per heavy atom. The number of nitrogens with zero attached hydrogens (tertiary/aromatic N) is 3. The van der Waals surface area contributed by atoms with Gasteiger partial charge in [-0.3, -0.25) is 0 Å². The van der Waals surface area contributed by atoms with Crippen LogP contribution < -0.4 is 10.2 Å². The van der Waals surface area contributed by atoms with Crippen molar-refractivity contribution in [3.8, 4) is 0 Å². The summed E-state index contributed by atoms with van der Waals surface area (Å²) in [7, 11) is 1.80. The first kappa shape index (κ1) is 15.0. The summed E-state index contributed by atoms with van der Waals surface area (Å²) in [6, 6.07) is 0. The molecule has 112 valence electrons. The lowest BCUT2D eigenvalue weighted by Crippen LogP contribution is -2.40. The van der Waals surface area contributed by atoms with Crippen molar-refractivity contribution in [1.82, 2.24) is 9.97 Å². The highest BCUT2D eigenvalue weighted by Gasteiger charge is 2.23. The molecule has 1 aliphatic rings. The van der Waals surface area contributed by atoms with Crippen LogP contribution in [0.4, 0.5) is 11.6 Å². The van der Waals surface area contributed by atoms with Gasteiger partial charge < -0.3 is 15.0 Å². The molecular formula is C15H26N4O. The van der Waals surface area contributed by atoms with Crippen LogP contribution in [-0.4, -0.2) is 42.8 Å². The number of anilines is 2. The molecular weight excluding hydrogens is 252 g/mol. The number of ether oxygens (including phenoxy) is 1. The fraction of sp³-hybridized carbons (Fsp3) is 0.733. The van der Waals surface area contributed by atoms with Crippen LogP contribution in [0.15, 0.2) is 6.33 Å². The Morgan fingerprint density at radius 2 is 2.25 bits per heavy atom. The summed E-state index contributed by atoms with van der Waals surface area (Å²) in [6.07, 6.45) is 6.39. The van der Waals surface area contributed by atoms with Gasteiger partial charge in [0, 0.05) is 32.3 Å². The number of piperidine rings is 1. The van der Waals surface area contributed by atoms with E-state index in [-0.39, 0.29) is 0 Å². The van der Waals surface area contributed by atoms with E-state index in [1.54, 1.807) is 13.4 Å². The van der Waals surface area contributed by atoms with Crippen LogP contribution in [0, 0.1) is 0 Å². The second-order valence-electron chi connectivity index (χ2n) is 5.25. The van der Waals surface area contributed by atoms with Crippen molar-refractivity contribution in [2.45, 2.75) is 45.6 Å². The molecule has 0 spiro atoms. The molecule has 1 atom stereocenters. The minimum Gasteiger partial charge on any atom is -0.380 e. The molecule has 2 rings (SSSR count). The van der Waals surface area contributed by atoms with Crippen molar-refractivity contribution < 1.29 is 4.74 Å². The number of hydrogen-bond donors (Lipinski definition) is 1. The van der Waals surface area contributed by atoms with Crippen LogP contribution in [0.1, 0.15) is 38.7 Å². The second kappa shape index (κ2) is 7.43. The highest BCUT2D eigenvalue weighted by atomic mass is 16.5. The molecule has 1 aromatic rings. The molecule has 20 heavy (non-hydrogen) atoms. The summed E-state index contributed by atoms with van der Waals surface area (Å²) in [6.45, 7) is 7.16. The van der Waals surface area contributed by atoms with Gasteiger partial charge in [0.05, 0.1) is 6.10 Å². The number of nitrogens with one attached hydrogen (secondary N) is 1. The average molecular weight is 278 g/mol. The monoisotopic (exact) mass is 278 g/mol. The van der Waals surface area contributed by atoms with Crippen LogP contribution in [0.3, 0.4) is 0 Å². The van der Waals surface area contributed by atoms with Gasteiger partial charge >= 0.3 is 0 Å². The van der Waals surface area contributed by atoms with Gasteiger partial charge in [-0.15, -0.1) is 0 Å². The van der Waals surface area contributed by atoms with Gasteiger partial charge in [0.2, 0.25) is 0 Å². The first-order valence-corrected chi connectivity index (χ1v) is 7.65. The van der Waals surface area contributed by atoms with E-state index < -0.39 is 0 Å².